The number of carbonyl (C=O) groups is 3. The normalized spacial score (nSPS) is 11.5. The average Bonchev–Trinajstić information content (AvgIpc) is 2.97. The van der Waals surface area contributed by atoms with Crippen molar-refractivity contribution in [3.8, 4) is 0 Å². The molecule has 0 saturated carbocycles. The van der Waals surface area contributed by atoms with Gasteiger partial charge in [0.15, 0.2) is 5.78 Å². The maximum Gasteiger partial charge on any atom is 0.255 e. The summed E-state index contributed by atoms with van der Waals surface area (Å²) < 4.78 is 0. The Morgan fingerprint density at radius 3 is 1.90 bits per heavy atom. The average molecular weight is 531 g/mol. The molecule has 5 aromatic carbocycles. The lowest BCUT2D eigenvalue weighted by Crippen LogP contribution is -2.19. The van der Waals surface area contributed by atoms with Crippen LogP contribution in [0.1, 0.15) is 38.5 Å². The van der Waals surface area contributed by atoms with Gasteiger partial charge < -0.3 is 10.6 Å². The van der Waals surface area contributed by atoms with Gasteiger partial charge in [-0.2, -0.15) is 0 Å². The minimum atomic E-state index is -0.503. The minimum absolute atomic E-state index is 0.0255. The highest BCUT2D eigenvalue weighted by Gasteiger charge is 2.22. The van der Waals surface area contributed by atoms with E-state index in [-0.39, 0.29) is 17.6 Å². The summed E-state index contributed by atoms with van der Waals surface area (Å²) in [7, 11) is 0. The molecule has 0 spiro atoms. The van der Waals surface area contributed by atoms with Crippen LogP contribution < -0.4 is 10.6 Å². The summed E-state index contributed by atoms with van der Waals surface area (Å²) in [5, 5.41) is 7.51. The Labute approximate surface area is 231 Å². The van der Waals surface area contributed by atoms with Crippen LogP contribution in [0.15, 0.2) is 126 Å². The molecule has 0 aliphatic heterocycles. The predicted octanol–water partition coefficient (Wildman–Crippen LogP) is 7.77. The number of hydrogen-bond acceptors (Lipinski definition) is 4. The molecule has 6 heteroatoms. The summed E-state index contributed by atoms with van der Waals surface area (Å²) in [6.07, 6.45) is 0. The van der Waals surface area contributed by atoms with E-state index in [4.69, 9.17) is 0 Å². The zero-order valence-electron chi connectivity index (χ0n) is 21.3. The molecule has 5 rings (SSSR count). The second-order valence-corrected chi connectivity index (χ2v) is 10.3. The molecule has 1 atom stereocenters. The van der Waals surface area contributed by atoms with E-state index in [2.05, 4.69) is 10.6 Å². The number of anilines is 2. The minimum Gasteiger partial charge on any atom is -0.325 e. The summed E-state index contributed by atoms with van der Waals surface area (Å²) in [6.45, 7) is 1.51. The fourth-order valence-corrected chi connectivity index (χ4v) is 5.21. The smallest absolute Gasteiger partial charge is 0.255 e. The lowest BCUT2D eigenvalue weighted by atomic mass is 10.1. The van der Waals surface area contributed by atoms with Gasteiger partial charge in [0.1, 0.15) is 5.25 Å². The summed E-state index contributed by atoms with van der Waals surface area (Å²) in [6, 6.07) is 37.5. The summed E-state index contributed by atoms with van der Waals surface area (Å²) in [5.74, 6) is -0.378. The SMILES string of the molecule is CC(=O)c1ccc(NC(=O)C(Sc2ccc(NC(=O)c3ccc4ccccc4c3)cc2)c2ccccc2)cc1. The highest BCUT2D eigenvalue weighted by molar-refractivity contribution is 8.00. The van der Waals surface area contributed by atoms with Crippen LogP contribution in [0.2, 0.25) is 0 Å². The van der Waals surface area contributed by atoms with Crippen LogP contribution in [0, 0.1) is 0 Å². The van der Waals surface area contributed by atoms with Gasteiger partial charge in [-0.05, 0) is 83.9 Å². The van der Waals surface area contributed by atoms with Crippen molar-refractivity contribution in [1.29, 1.82) is 0 Å². The van der Waals surface area contributed by atoms with Crippen molar-refractivity contribution in [2.75, 3.05) is 10.6 Å². The third kappa shape index (κ3) is 6.43. The van der Waals surface area contributed by atoms with Crippen molar-refractivity contribution in [1.82, 2.24) is 0 Å². The highest BCUT2D eigenvalue weighted by atomic mass is 32.2. The van der Waals surface area contributed by atoms with Crippen LogP contribution in [0.3, 0.4) is 0 Å². The molecule has 5 aromatic rings. The molecule has 0 heterocycles. The van der Waals surface area contributed by atoms with E-state index in [1.165, 1.54) is 18.7 Å². The molecular weight excluding hydrogens is 504 g/mol. The van der Waals surface area contributed by atoms with Crippen molar-refractivity contribution in [2.24, 2.45) is 0 Å². The number of amides is 2. The highest BCUT2D eigenvalue weighted by Crippen LogP contribution is 2.37. The first-order valence-corrected chi connectivity index (χ1v) is 13.4. The zero-order valence-corrected chi connectivity index (χ0v) is 22.1. The number of hydrogen-bond donors (Lipinski definition) is 2. The van der Waals surface area contributed by atoms with Crippen LogP contribution in [0.25, 0.3) is 10.8 Å². The Kier molecular flexibility index (Phi) is 7.85. The van der Waals surface area contributed by atoms with Gasteiger partial charge in [-0.1, -0.05) is 60.7 Å². The summed E-state index contributed by atoms with van der Waals surface area (Å²) in [4.78, 5) is 38.6. The number of ketones is 1. The predicted molar refractivity (Wildman–Crippen MR) is 158 cm³/mol. The van der Waals surface area contributed by atoms with Crippen molar-refractivity contribution in [2.45, 2.75) is 17.1 Å². The molecule has 0 aliphatic rings. The Morgan fingerprint density at radius 1 is 0.615 bits per heavy atom. The first kappa shape index (κ1) is 25.9. The van der Waals surface area contributed by atoms with E-state index in [0.717, 1.165) is 21.2 Å². The molecule has 39 heavy (non-hydrogen) atoms. The molecule has 0 aliphatic carbocycles. The van der Waals surface area contributed by atoms with Crippen molar-refractivity contribution >= 4 is 51.5 Å². The van der Waals surface area contributed by atoms with Crippen molar-refractivity contribution < 1.29 is 14.4 Å². The number of benzene rings is 5. The third-order valence-electron chi connectivity index (χ3n) is 6.28. The molecule has 0 radical (unpaired) electrons. The van der Waals surface area contributed by atoms with E-state index in [0.29, 0.717) is 22.5 Å². The number of Topliss-reactive ketones (excluding diaryl/α,β-unsaturated/α-hetero) is 1. The van der Waals surface area contributed by atoms with Crippen molar-refractivity contribution in [3.63, 3.8) is 0 Å². The van der Waals surface area contributed by atoms with Gasteiger partial charge in [0.05, 0.1) is 0 Å². The molecule has 2 N–H and O–H groups in total. The maximum atomic E-state index is 13.3. The Balaban J connectivity index is 1.29. The van der Waals surface area contributed by atoms with Crippen LogP contribution in [-0.4, -0.2) is 17.6 Å². The zero-order chi connectivity index (χ0) is 27.2. The van der Waals surface area contributed by atoms with Crippen LogP contribution >= 0.6 is 11.8 Å². The molecule has 0 bridgehead atoms. The first-order valence-electron chi connectivity index (χ1n) is 12.5. The third-order valence-corrected chi connectivity index (χ3v) is 7.54. The quantitative estimate of drug-likeness (QED) is 0.159. The van der Waals surface area contributed by atoms with Gasteiger partial charge >= 0.3 is 0 Å². The van der Waals surface area contributed by atoms with Gasteiger partial charge in [-0.25, -0.2) is 0 Å². The fourth-order valence-electron chi connectivity index (χ4n) is 4.18. The number of nitrogens with one attached hydrogen (secondary N) is 2. The number of thioether (sulfide) groups is 1. The molecule has 5 nitrogen and oxygen atoms in total. The van der Waals surface area contributed by atoms with Crippen LogP contribution in [0.5, 0.6) is 0 Å². The van der Waals surface area contributed by atoms with E-state index in [1.54, 1.807) is 24.3 Å². The molecule has 0 fully saturated rings. The molecule has 1 unspecified atom stereocenters. The largest absolute Gasteiger partial charge is 0.325 e. The standard InChI is InChI=1S/C33H26N2O3S/c1-22(36)23-13-15-28(16-14-23)35-33(38)31(25-8-3-2-4-9-25)39-30-19-17-29(18-20-30)34-32(37)27-12-11-24-7-5-6-10-26(24)21-27/h2-21,31H,1H3,(H,34,37)(H,35,38). The Hall–Kier alpha value is -4.68. The molecule has 0 aromatic heterocycles. The van der Waals surface area contributed by atoms with Crippen LogP contribution in [0.4, 0.5) is 11.4 Å². The molecule has 0 saturated heterocycles. The second kappa shape index (κ2) is 11.8. The number of fused-ring (bicyclic) bond motifs is 1. The van der Waals surface area contributed by atoms with Crippen LogP contribution in [-0.2, 0) is 4.79 Å². The van der Waals surface area contributed by atoms with Crippen molar-refractivity contribution in [3.05, 3.63) is 138 Å². The molecule has 192 valence electrons. The van der Waals surface area contributed by atoms with E-state index >= 15 is 0 Å². The lowest BCUT2D eigenvalue weighted by Gasteiger charge is -2.17. The molecular formula is C33H26N2O3S. The number of rotatable bonds is 8. The summed E-state index contributed by atoms with van der Waals surface area (Å²) >= 11 is 1.42. The van der Waals surface area contributed by atoms with Gasteiger partial charge in [0.25, 0.3) is 5.91 Å². The first-order chi connectivity index (χ1) is 19.0. The van der Waals surface area contributed by atoms with E-state index < -0.39 is 5.25 Å². The van der Waals surface area contributed by atoms with Gasteiger partial charge in [-0.15, -0.1) is 11.8 Å². The Morgan fingerprint density at radius 2 is 1.21 bits per heavy atom. The van der Waals surface area contributed by atoms with Gasteiger partial charge in [0.2, 0.25) is 5.91 Å². The topological polar surface area (TPSA) is 75.3 Å². The summed E-state index contributed by atoms with van der Waals surface area (Å²) in [5.41, 5.74) is 3.34. The molecule has 2 amide bonds. The second-order valence-electron chi connectivity index (χ2n) is 9.07. The van der Waals surface area contributed by atoms with Gasteiger partial charge in [0, 0.05) is 27.4 Å². The number of carbonyl (C=O) groups excluding carboxylic acids is 3. The fraction of sp³-hybridized carbons (Fsp3) is 0.0606. The maximum absolute atomic E-state index is 13.3. The Bertz CT molecular complexity index is 1630. The van der Waals surface area contributed by atoms with E-state index in [1.807, 2.05) is 97.1 Å². The van der Waals surface area contributed by atoms with Gasteiger partial charge in [-0.3, -0.25) is 14.4 Å². The monoisotopic (exact) mass is 530 g/mol. The lowest BCUT2D eigenvalue weighted by molar-refractivity contribution is -0.115. The van der Waals surface area contributed by atoms with E-state index in [9.17, 15) is 14.4 Å².